The second-order valence-corrected chi connectivity index (χ2v) is 3.35. The van der Waals surface area contributed by atoms with Crippen molar-refractivity contribution in [3.05, 3.63) is 24.3 Å². The second kappa shape index (κ2) is 4.99. The molecule has 0 bridgehead atoms. The Morgan fingerprint density at radius 3 is 1.75 bits per heavy atom. The van der Waals surface area contributed by atoms with E-state index in [-0.39, 0.29) is 0 Å². The van der Waals surface area contributed by atoms with Crippen LogP contribution in [0.3, 0.4) is 0 Å². The predicted molar refractivity (Wildman–Crippen MR) is 52.5 cm³/mol. The van der Waals surface area contributed by atoms with Crippen LogP contribution < -0.4 is 0 Å². The van der Waals surface area contributed by atoms with Crippen molar-refractivity contribution in [2.45, 2.75) is 13.8 Å². The molecule has 68 valence electrons. The summed E-state index contributed by atoms with van der Waals surface area (Å²) >= 11 is 5.34. The molecule has 0 saturated heterocycles. The number of hydrogen-bond donors (Lipinski definition) is 0. The van der Waals surface area contributed by atoms with E-state index >= 15 is 0 Å². The van der Waals surface area contributed by atoms with Crippen LogP contribution in [0.5, 0.6) is 0 Å². The first-order chi connectivity index (χ1) is 5.43. The third-order valence-electron chi connectivity index (χ3n) is 1.17. The lowest BCUT2D eigenvalue weighted by Gasteiger charge is -2.19. The number of carbonyl (C=O) groups is 1. The zero-order chi connectivity index (χ0) is 9.72. The van der Waals surface area contributed by atoms with Crippen LogP contribution in [0.25, 0.3) is 0 Å². The Kier molecular flexibility index (Phi) is 4.67. The summed E-state index contributed by atoms with van der Waals surface area (Å²) in [6, 6.07) is 0. The van der Waals surface area contributed by atoms with Gasteiger partial charge in [-0.2, -0.15) is 0 Å². The predicted octanol–water partition coefficient (Wildman–Crippen LogP) is 2.80. The highest BCUT2D eigenvalue weighted by atomic mass is 35.5. The minimum Gasteiger partial charge on any atom is -0.321 e. The third-order valence-corrected chi connectivity index (χ3v) is 1.41. The molecule has 1 amide bonds. The van der Waals surface area contributed by atoms with Crippen LogP contribution in [0.15, 0.2) is 24.3 Å². The van der Waals surface area contributed by atoms with E-state index in [9.17, 15) is 4.79 Å². The zero-order valence-electron chi connectivity index (χ0n) is 7.56. The smallest absolute Gasteiger partial charge is 0.316 e. The van der Waals surface area contributed by atoms with E-state index in [1.807, 2.05) is 13.8 Å². The highest BCUT2D eigenvalue weighted by Gasteiger charge is 2.09. The van der Waals surface area contributed by atoms with Gasteiger partial charge in [-0.05, 0) is 25.4 Å². The Balaban J connectivity index is 4.14. The van der Waals surface area contributed by atoms with Crippen molar-refractivity contribution in [2.24, 2.45) is 0 Å². The first-order valence-electron chi connectivity index (χ1n) is 3.66. The SMILES string of the molecule is C=C(C)CN(CC(=C)C)C(=O)Cl. The van der Waals surface area contributed by atoms with Gasteiger partial charge in [-0.1, -0.05) is 24.3 Å². The van der Waals surface area contributed by atoms with Crippen molar-refractivity contribution < 1.29 is 4.79 Å². The van der Waals surface area contributed by atoms with Crippen molar-refractivity contribution in [3.63, 3.8) is 0 Å². The molecule has 0 saturated carbocycles. The molecule has 12 heavy (non-hydrogen) atoms. The molecule has 0 N–H and O–H groups in total. The monoisotopic (exact) mass is 187 g/mol. The van der Waals surface area contributed by atoms with Gasteiger partial charge in [-0.25, -0.2) is 0 Å². The van der Waals surface area contributed by atoms with Gasteiger partial charge in [0.1, 0.15) is 0 Å². The number of halogens is 1. The number of nitrogens with zero attached hydrogens (tertiary/aromatic N) is 1. The lowest BCUT2D eigenvalue weighted by atomic mass is 10.3. The molecule has 0 radical (unpaired) electrons. The second-order valence-electron chi connectivity index (χ2n) is 3.02. The minimum absolute atomic E-state index is 0.457. The van der Waals surface area contributed by atoms with E-state index in [2.05, 4.69) is 13.2 Å². The molecule has 3 heteroatoms. The molecule has 0 rings (SSSR count). The zero-order valence-corrected chi connectivity index (χ0v) is 8.32. The molecule has 0 aliphatic carbocycles. The van der Waals surface area contributed by atoms with Crippen molar-refractivity contribution in [3.8, 4) is 0 Å². The van der Waals surface area contributed by atoms with Gasteiger partial charge in [0.15, 0.2) is 0 Å². The Morgan fingerprint density at radius 2 is 1.58 bits per heavy atom. The number of amides is 1. The van der Waals surface area contributed by atoms with Crippen molar-refractivity contribution >= 4 is 17.0 Å². The number of carbonyl (C=O) groups excluding carboxylic acids is 1. The van der Waals surface area contributed by atoms with E-state index in [4.69, 9.17) is 11.6 Å². The van der Waals surface area contributed by atoms with E-state index in [0.717, 1.165) is 11.1 Å². The topological polar surface area (TPSA) is 20.3 Å². The van der Waals surface area contributed by atoms with Crippen LogP contribution in [0, 0.1) is 0 Å². The van der Waals surface area contributed by atoms with Gasteiger partial charge in [0.25, 0.3) is 0 Å². The van der Waals surface area contributed by atoms with Crippen molar-refractivity contribution in [1.82, 2.24) is 4.90 Å². The molecule has 0 aromatic rings. The lowest BCUT2D eigenvalue weighted by molar-refractivity contribution is 0.230. The minimum atomic E-state index is -0.457. The maximum absolute atomic E-state index is 10.8. The molecular formula is C9H14ClNO. The van der Waals surface area contributed by atoms with Crippen LogP contribution in [0.4, 0.5) is 4.79 Å². The third kappa shape index (κ3) is 4.97. The molecule has 0 aromatic heterocycles. The molecule has 0 aromatic carbocycles. The van der Waals surface area contributed by atoms with E-state index in [1.54, 1.807) is 0 Å². The molecule has 0 heterocycles. The van der Waals surface area contributed by atoms with Crippen molar-refractivity contribution in [1.29, 1.82) is 0 Å². The highest BCUT2D eigenvalue weighted by Crippen LogP contribution is 2.04. The van der Waals surface area contributed by atoms with Gasteiger partial charge in [0.2, 0.25) is 0 Å². The van der Waals surface area contributed by atoms with Gasteiger partial charge in [-0.3, -0.25) is 4.79 Å². The summed E-state index contributed by atoms with van der Waals surface area (Å²) in [6.45, 7) is 12.1. The summed E-state index contributed by atoms with van der Waals surface area (Å²) in [5, 5.41) is -0.457. The maximum atomic E-state index is 10.8. The highest BCUT2D eigenvalue weighted by molar-refractivity contribution is 6.62. The number of hydrogen-bond acceptors (Lipinski definition) is 1. The van der Waals surface area contributed by atoms with Crippen LogP contribution >= 0.6 is 11.6 Å². The van der Waals surface area contributed by atoms with E-state index in [1.165, 1.54) is 4.90 Å². The van der Waals surface area contributed by atoms with Gasteiger partial charge in [0, 0.05) is 13.1 Å². The summed E-state index contributed by atoms with van der Waals surface area (Å²) in [5.41, 5.74) is 1.82. The molecular weight excluding hydrogens is 174 g/mol. The van der Waals surface area contributed by atoms with Crippen molar-refractivity contribution in [2.75, 3.05) is 13.1 Å². The molecule has 0 fully saturated rings. The summed E-state index contributed by atoms with van der Waals surface area (Å²) in [6.07, 6.45) is 0. The maximum Gasteiger partial charge on any atom is 0.316 e. The average molecular weight is 188 g/mol. The summed E-state index contributed by atoms with van der Waals surface area (Å²) in [4.78, 5) is 12.3. The molecule has 0 aliphatic heterocycles. The fourth-order valence-corrected chi connectivity index (χ4v) is 0.951. The van der Waals surface area contributed by atoms with E-state index in [0.29, 0.717) is 13.1 Å². The fourth-order valence-electron chi connectivity index (χ4n) is 0.832. The van der Waals surface area contributed by atoms with Gasteiger partial charge >= 0.3 is 5.37 Å². The normalized spacial score (nSPS) is 9.25. The summed E-state index contributed by atoms with van der Waals surface area (Å²) < 4.78 is 0. The Morgan fingerprint density at radius 1 is 1.25 bits per heavy atom. The van der Waals surface area contributed by atoms with E-state index < -0.39 is 5.37 Å². The van der Waals surface area contributed by atoms with Crippen LogP contribution in [0.2, 0.25) is 0 Å². The molecule has 0 aliphatic rings. The summed E-state index contributed by atoms with van der Waals surface area (Å²) in [5.74, 6) is 0. The number of rotatable bonds is 4. The van der Waals surface area contributed by atoms with Gasteiger partial charge in [-0.15, -0.1) is 0 Å². The molecule has 0 atom stereocenters. The Bertz CT molecular complexity index is 195. The first kappa shape index (κ1) is 11.2. The summed E-state index contributed by atoms with van der Waals surface area (Å²) in [7, 11) is 0. The quantitative estimate of drug-likeness (QED) is 0.377. The van der Waals surface area contributed by atoms with Gasteiger partial charge < -0.3 is 4.90 Å². The standard InChI is InChI=1S/C9H14ClNO/c1-7(2)5-11(9(10)12)6-8(3)4/h1,3,5-6H2,2,4H3. The molecule has 0 unspecified atom stereocenters. The van der Waals surface area contributed by atoms with Gasteiger partial charge in [0.05, 0.1) is 0 Å². The Hall–Kier alpha value is -0.760. The average Bonchev–Trinajstić information content (AvgIpc) is 1.83. The largest absolute Gasteiger partial charge is 0.321 e. The van der Waals surface area contributed by atoms with Crippen LogP contribution in [-0.4, -0.2) is 23.4 Å². The molecule has 0 spiro atoms. The first-order valence-corrected chi connectivity index (χ1v) is 4.04. The fraction of sp³-hybridized carbons (Fsp3) is 0.444. The lowest BCUT2D eigenvalue weighted by Crippen LogP contribution is -2.29. The van der Waals surface area contributed by atoms with Crippen LogP contribution in [0.1, 0.15) is 13.8 Å². The molecule has 2 nitrogen and oxygen atoms in total. The Labute approximate surface area is 78.5 Å². The van der Waals surface area contributed by atoms with Crippen LogP contribution in [-0.2, 0) is 0 Å².